The fourth-order valence-electron chi connectivity index (χ4n) is 6.31. The van der Waals surface area contributed by atoms with E-state index in [9.17, 15) is 29.5 Å². The van der Waals surface area contributed by atoms with Crippen molar-refractivity contribution >= 4 is 30.4 Å². The third kappa shape index (κ3) is 12.4. The van der Waals surface area contributed by atoms with Crippen molar-refractivity contribution in [2.75, 3.05) is 51.7 Å². The molecule has 15 nitrogen and oxygen atoms in total. The molecule has 1 aromatic heterocycles. The highest BCUT2D eigenvalue weighted by Crippen LogP contribution is 2.45. The molecule has 4 aromatic carbocycles. The maximum atomic E-state index is 14.1. The first-order chi connectivity index (χ1) is 29.8. The van der Waals surface area contributed by atoms with Gasteiger partial charge < -0.3 is 34.8 Å². The third-order valence-electron chi connectivity index (χ3n) is 9.99. The summed E-state index contributed by atoms with van der Waals surface area (Å²) in [4.78, 5) is 30.7. The Kier molecular flexibility index (Phi) is 17.5. The van der Waals surface area contributed by atoms with Gasteiger partial charge in [-0.15, -0.1) is 0 Å². The van der Waals surface area contributed by atoms with Crippen molar-refractivity contribution in [3.8, 4) is 11.5 Å². The van der Waals surface area contributed by atoms with Crippen molar-refractivity contribution in [1.29, 1.82) is 0 Å². The first kappa shape index (κ1) is 48.2. The van der Waals surface area contributed by atoms with Crippen LogP contribution >= 0.6 is 19.5 Å². The van der Waals surface area contributed by atoms with E-state index in [1.807, 2.05) is 109 Å². The van der Waals surface area contributed by atoms with Crippen LogP contribution in [0.4, 0.5) is 5.82 Å². The summed E-state index contributed by atoms with van der Waals surface area (Å²) in [7, 11) is -0.932. The maximum absolute atomic E-state index is 14.1. The molecule has 5 N–H and O–H groups in total. The summed E-state index contributed by atoms with van der Waals surface area (Å²) in [6.07, 6.45) is -2.37. The fraction of sp³-hybridized carbons (Fsp3) is 0.356. The van der Waals surface area contributed by atoms with Crippen molar-refractivity contribution in [2.24, 2.45) is 5.41 Å². The van der Waals surface area contributed by atoms with Gasteiger partial charge >= 0.3 is 13.4 Å². The zero-order valence-electron chi connectivity index (χ0n) is 35.4. The SMILES string of the molecule is COc1ccc(C(Nc2ccn([C@@H](CO)O[C@H](COP(=O)(NCc3ccccc3)OCCSC(=O)C(C)(C)CO)[C@@H](C)O)c(=O)n2)(c2ccccc2)c2ccc(OC)cc2)cc1. The molecule has 0 saturated carbocycles. The van der Waals surface area contributed by atoms with Crippen molar-refractivity contribution in [3.63, 3.8) is 0 Å². The van der Waals surface area contributed by atoms with Gasteiger partial charge in [-0.3, -0.25) is 18.4 Å². The number of rotatable bonds is 24. The van der Waals surface area contributed by atoms with Crippen LogP contribution in [0.15, 0.2) is 126 Å². The highest BCUT2D eigenvalue weighted by Gasteiger charge is 2.38. The van der Waals surface area contributed by atoms with E-state index < -0.39 is 56.0 Å². The second-order valence-electron chi connectivity index (χ2n) is 14.9. The summed E-state index contributed by atoms with van der Waals surface area (Å²) in [5.74, 6) is 1.65. The number of thioether (sulfide) groups is 1. The van der Waals surface area contributed by atoms with Crippen molar-refractivity contribution in [1.82, 2.24) is 14.6 Å². The van der Waals surface area contributed by atoms with E-state index in [4.69, 9.17) is 23.3 Å². The molecule has 62 heavy (non-hydrogen) atoms. The number of aliphatic hydroxyl groups excluding tert-OH is 3. The molecule has 0 aliphatic carbocycles. The number of aliphatic hydroxyl groups is 3. The third-order valence-corrected chi connectivity index (χ3v) is 12.7. The highest BCUT2D eigenvalue weighted by atomic mass is 32.2. The Morgan fingerprint density at radius 2 is 1.40 bits per heavy atom. The van der Waals surface area contributed by atoms with Crippen LogP contribution in [-0.4, -0.2) is 88.6 Å². The van der Waals surface area contributed by atoms with Crippen molar-refractivity contribution in [3.05, 3.63) is 154 Å². The van der Waals surface area contributed by atoms with Crippen LogP contribution in [0.3, 0.4) is 0 Å². The summed E-state index contributed by atoms with van der Waals surface area (Å²) < 4.78 is 43.6. The van der Waals surface area contributed by atoms with Crippen LogP contribution in [-0.2, 0) is 35.2 Å². The monoisotopic (exact) mass is 890 g/mol. The predicted molar refractivity (Wildman–Crippen MR) is 238 cm³/mol. The van der Waals surface area contributed by atoms with Crippen LogP contribution in [0.25, 0.3) is 0 Å². The molecule has 5 aromatic rings. The molecular weight excluding hydrogens is 836 g/mol. The highest BCUT2D eigenvalue weighted by molar-refractivity contribution is 8.13. The molecule has 4 atom stereocenters. The average Bonchev–Trinajstić information content (AvgIpc) is 3.30. The zero-order chi connectivity index (χ0) is 44.8. The molecule has 0 aliphatic rings. The molecule has 1 unspecified atom stereocenters. The van der Waals surface area contributed by atoms with Crippen molar-refractivity contribution in [2.45, 2.75) is 51.3 Å². The zero-order valence-corrected chi connectivity index (χ0v) is 37.1. The van der Waals surface area contributed by atoms with Crippen LogP contribution in [0.2, 0.25) is 0 Å². The number of carbonyl (C=O) groups excluding carboxylic acids is 1. The minimum Gasteiger partial charge on any atom is -0.497 e. The van der Waals surface area contributed by atoms with E-state index in [1.165, 1.54) is 13.1 Å². The van der Waals surface area contributed by atoms with Crippen LogP contribution < -0.4 is 25.6 Å². The van der Waals surface area contributed by atoms with E-state index in [1.54, 1.807) is 34.1 Å². The molecule has 0 fully saturated rings. The number of anilines is 1. The molecule has 0 radical (unpaired) electrons. The second kappa shape index (κ2) is 22.5. The molecule has 0 spiro atoms. The number of benzene rings is 4. The lowest BCUT2D eigenvalue weighted by atomic mass is 9.77. The van der Waals surface area contributed by atoms with Gasteiger partial charge in [0.1, 0.15) is 29.0 Å². The molecule has 0 amide bonds. The van der Waals surface area contributed by atoms with E-state index in [2.05, 4.69) is 15.4 Å². The van der Waals surface area contributed by atoms with E-state index >= 15 is 0 Å². The van der Waals surface area contributed by atoms with Crippen LogP contribution in [0.5, 0.6) is 11.5 Å². The van der Waals surface area contributed by atoms with Gasteiger partial charge in [-0.1, -0.05) is 96.7 Å². The number of nitrogens with one attached hydrogen (secondary N) is 2. The lowest BCUT2D eigenvalue weighted by Crippen LogP contribution is -2.41. The normalized spacial score (nSPS) is 14.3. The van der Waals surface area contributed by atoms with Gasteiger partial charge in [-0.25, -0.2) is 14.4 Å². The number of nitrogens with zero attached hydrogens (tertiary/aromatic N) is 2. The number of hydrogen-bond donors (Lipinski definition) is 5. The predicted octanol–water partition coefficient (Wildman–Crippen LogP) is 6.13. The number of methoxy groups -OCH3 is 2. The second-order valence-corrected chi connectivity index (χ2v) is 17.8. The fourth-order valence-corrected chi connectivity index (χ4v) is 8.55. The van der Waals surface area contributed by atoms with Gasteiger partial charge in [0.05, 0.1) is 52.2 Å². The Bertz CT molecular complexity index is 2220. The van der Waals surface area contributed by atoms with E-state index in [0.29, 0.717) is 11.5 Å². The van der Waals surface area contributed by atoms with Crippen LogP contribution in [0.1, 0.15) is 49.3 Å². The summed E-state index contributed by atoms with van der Waals surface area (Å²) in [6.45, 7) is 3.10. The summed E-state index contributed by atoms with van der Waals surface area (Å²) in [6, 6.07) is 35.5. The number of hydrogen-bond acceptors (Lipinski definition) is 14. The lowest BCUT2D eigenvalue weighted by Gasteiger charge is -2.37. The Labute approximate surface area is 366 Å². The topological polar surface area (TPSA) is 200 Å². The standard InChI is InChI=1S/C45H55N4O11PS/c1-32(52)39(30-59-61(55,46-28-33-12-8-6-9-13-33)58-26-27-62-42(53)44(2,3)31-51)60-41(29-50)49-25-24-40(47-43(49)54)48-45(34-14-10-7-11-15-34,35-16-20-37(56-4)21-17-35)36-18-22-38(57-5)23-19-36/h6-25,32,39,41,50-52H,26-31H2,1-5H3,(H,46,55)(H,47,48,54)/t32-,39-,41-,61?/m1/s1. The number of carbonyl (C=O) groups is 1. The summed E-state index contributed by atoms with van der Waals surface area (Å²) in [5, 5.41) is 37.0. The van der Waals surface area contributed by atoms with Gasteiger partial charge in [0.2, 0.25) is 0 Å². The average molecular weight is 891 g/mol. The Morgan fingerprint density at radius 1 is 0.839 bits per heavy atom. The van der Waals surface area contributed by atoms with Crippen molar-refractivity contribution < 1.29 is 47.9 Å². The minimum atomic E-state index is -4.11. The molecule has 0 saturated heterocycles. The maximum Gasteiger partial charge on any atom is 0.405 e. The Balaban J connectivity index is 1.39. The smallest absolute Gasteiger partial charge is 0.405 e. The van der Waals surface area contributed by atoms with Gasteiger partial charge in [-0.05, 0) is 73.4 Å². The Morgan fingerprint density at radius 3 is 1.92 bits per heavy atom. The van der Waals surface area contributed by atoms with Gasteiger partial charge in [-0.2, -0.15) is 4.98 Å². The van der Waals surface area contributed by atoms with Gasteiger partial charge in [0.15, 0.2) is 11.3 Å². The van der Waals surface area contributed by atoms with Gasteiger partial charge in [0, 0.05) is 18.5 Å². The van der Waals surface area contributed by atoms with E-state index in [0.717, 1.165) is 38.6 Å². The first-order valence-electron chi connectivity index (χ1n) is 19.9. The minimum absolute atomic E-state index is 0.102. The number of aromatic nitrogens is 2. The number of ether oxygens (including phenoxy) is 3. The van der Waals surface area contributed by atoms with Crippen LogP contribution in [0, 0.1) is 5.41 Å². The first-order valence-corrected chi connectivity index (χ1v) is 22.4. The summed E-state index contributed by atoms with van der Waals surface area (Å²) in [5.41, 5.74) is 0.440. The summed E-state index contributed by atoms with van der Waals surface area (Å²) >= 11 is 0.933. The molecule has 332 valence electrons. The molecular formula is C45H55N4O11PS. The Hall–Kier alpha value is -4.87. The lowest BCUT2D eigenvalue weighted by molar-refractivity contribution is -0.132. The molecule has 5 rings (SSSR count). The molecule has 0 bridgehead atoms. The van der Waals surface area contributed by atoms with E-state index in [-0.39, 0.29) is 36.4 Å². The molecule has 0 aliphatic heterocycles. The molecule has 17 heteroatoms. The largest absolute Gasteiger partial charge is 0.497 e. The van der Waals surface area contributed by atoms with Gasteiger partial charge in [0.25, 0.3) is 0 Å². The molecule has 1 heterocycles. The quantitative estimate of drug-likeness (QED) is 0.0269.